The van der Waals surface area contributed by atoms with Crippen LogP contribution in [0.1, 0.15) is 15.9 Å². The molecule has 3 rings (SSSR count). The van der Waals surface area contributed by atoms with Gasteiger partial charge in [0.05, 0.1) is 16.9 Å². The number of hydrogen-bond acceptors (Lipinski definition) is 3. The molecule has 0 spiro atoms. The molecular weight excluding hydrogens is 367 g/mol. The zero-order chi connectivity index (χ0) is 20.3. The second kappa shape index (κ2) is 7.72. The van der Waals surface area contributed by atoms with Crippen molar-refractivity contribution in [1.82, 2.24) is 4.98 Å². The van der Waals surface area contributed by atoms with Crippen LogP contribution in [-0.4, -0.2) is 24.0 Å². The van der Waals surface area contributed by atoms with E-state index in [9.17, 15) is 18.0 Å². The van der Waals surface area contributed by atoms with Crippen molar-refractivity contribution in [2.24, 2.45) is 0 Å². The van der Waals surface area contributed by atoms with Gasteiger partial charge in [0.2, 0.25) is 0 Å². The summed E-state index contributed by atoms with van der Waals surface area (Å²) in [6, 6.07) is 6.32. The van der Waals surface area contributed by atoms with Gasteiger partial charge < -0.3 is 10.2 Å². The maximum Gasteiger partial charge on any atom is 0.416 e. The van der Waals surface area contributed by atoms with Crippen molar-refractivity contribution in [1.29, 1.82) is 0 Å². The standard InChI is InChI=1S/C21H18F3N3O/c1-3-14-12-27(13-15(14)4-2)19-6-5-17(21(22,23)24)11-18(19)26-20(28)16-7-9-25-10-8-16/h3-11H,1-2,12-13H2,(H,26,28). The Balaban J connectivity index is 1.97. The van der Waals surface area contributed by atoms with Crippen molar-refractivity contribution in [2.75, 3.05) is 23.3 Å². The number of halogens is 3. The highest BCUT2D eigenvalue weighted by Gasteiger charge is 2.32. The largest absolute Gasteiger partial charge is 0.416 e. The van der Waals surface area contributed by atoms with E-state index >= 15 is 0 Å². The van der Waals surface area contributed by atoms with Gasteiger partial charge >= 0.3 is 6.18 Å². The normalized spacial score (nSPS) is 14.2. The summed E-state index contributed by atoms with van der Waals surface area (Å²) in [6.45, 7) is 8.47. The Kier molecular flexibility index (Phi) is 5.35. The summed E-state index contributed by atoms with van der Waals surface area (Å²) in [5, 5.41) is 2.60. The molecule has 0 radical (unpaired) electrons. The number of alkyl halides is 3. The molecule has 0 bridgehead atoms. The molecule has 0 saturated heterocycles. The number of nitrogens with one attached hydrogen (secondary N) is 1. The zero-order valence-electron chi connectivity index (χ0n) is 15.0. The Morgan fingerprint density at radius 2 is 1.68 bits per heavy atom. The van der Waals surface area contributed by atoms with Crippen molar-refractivity contribution in [3.8, 4) is 0 Å². The van der Waals surface area contributed by atoms with Gasteiger partial charge in [0.1, 0.15) is 0 Å². The van der Waals surface area contributed by atoms with Gasteiger partial charge in [-0.05, 0) is 41.5 Å². The average molecular weight is 385 g/mol. The number of amides is 1. The van der Waals surface area contributed by atoms with E-state index in [0.717, 1.165) is 23.3 Å². The van der Waals surface area contributed by atoms with E-state index in [1.54, 1.807) is 12.2 Å². The maximum absolute atomic E-state index is 13.2. The summed E-state index contributed by atoms with van der Waals surface area (Å²) in [6.07, 6.45) is 1.78. The lowest BCUT2D eigenvalue weighted by molar-refractivity contribution is -0.137. The predicted octanol–water partition coefficient (Wildman–Crippen LogP) is 4.84. The lowest BCUT2D eigenvalue weighted by Gasteiger charge is -2.23. The van der Waals surface area contributed by atoms with E-state index in [1.165, 1.54) is 30.6 Å². The molecule has 1 aromatic carbocycles. The molecule has 144 valence electrons. The second-order valence-electron chi connectivity index (χ2n) is 6.23. The highest BCUT2D eigenvalue weighted by atomic mass is 19.4. The van der Waals surface area contributed by atoms with E-state index < -0.39 is 17.6 Å². The number of hydrogen-bond donors (Lipinski definition) is 1. The fraction of sp³-hybridized carbons (Fsp3) is 0.143. The number of carbonyl (C=O) groups excluding carboxylic acids is 1. The molecule has 28 heavy (non-hydrogen) atoms. The summed E-state index contributed by atoms with van der Waals surface area (Å²) < 4.78 is 39.6. The van der Waals surface area contributed by atoms with Gasteiger partial charge in [-0.15, -0.1) is 0 Å². The number of aromatic nitrogens is 1. The van der Waals surface area contributed by atoms with Gasteiger partial charge in [-0.1, -0.05) is 25.3 Å². The number of anilines is 2. The first-order valence-electron chi connectivity index (χ1n) is 8.48. The SMILES string of the molecule is C=CC1=C(C=C)CN(c2ccc(C(F)(F)F)cc2NC(=O)c2ccncc2)C1. The van der Waals surface area contributed by atoms with Crippen molar-refractivity contribution in [3.05, 3.63) is 90.3 Å². The van der Waals surface area contributed by atoms with Crippen molar-refractivity contribution >= 4 is 17.3 Å². The quantitative estimate of drug-likeness (QED) is 0.801. The van der Waals surface area contributed by atoms with Crippen LogP contribution in [0.25, 0.3) is 0 Å². The average Bonchev–Trinajstić information content (AvgIpc) is 3.11. The number of nitrogens with zero attached hydrogens (tertiary/aromatic N) is 2. The minimum atomic E-state index is -4.52. The van der Waals surface area contributed by atoms with Crippen LogP contribution in [0.5, 0.6) is 0 Å². The van der Waals surface area contributed by atoms with Gasteiger partial charge in [0, 0.05) is 31.0 Å². The van der Waals surface area contributed by atoms with Gasteiger partial charge in [0.15, 0.2) is 0 Å². The van der Waals surface area contributed by atoms with E-state index in [0.29, 0.717) is 24.3 Å². The third kappa shape index (κ3) is 3.98. The minimum absolute atomic E-state index is 0.0883. The molecule has 0 saturated carbocycles. The number of pyridine rings is 1. The first kappa shape index (κ1) is 19.4. The molecule has 1 aliphatic heterocycles. The predicted molar refractivity (Wildman–Crippen MR) is 103 cm³/mol. The molecule has 7 heteroatoms. The van der Waals surface area contributed by atoms with Crippen LogP contribution < -0.4 is 10.2 Å². The molecule has 4 nitrogen and oxygen atoms in total. The molecule has 1 amide bonds. The molecule has 1 aliphatic rings. The Labute approximate surface area is 160 Å². The molecule has 0 fully saturated rings. The zero-order valence-corrected chi connectivity index (χ0v) is 15.0. The highest BCUT2D eigenvalue weighted by molar-refractivity contribution is 6.06. The molecular formula is C21H18F3N3O. The van der Waals surface area contributed by atoms with Crippen LogP contribution in [0.4, 0.5) is 24.5 Å². The summed E-state index contributed by atoms with van der Waals surface area (Å²) in [5.74, 6) is -0.511. The minimum Gasteiger partial charge on any atom is -0.361 e. The Hall–Kier alpha value is -3.35. The first-order chi connectivity index (χ1) is 13.3. The van der Waals surface area contributed by atoms with Crippen LogP contribution in [0.2, 0.25) is 0 Å². The van der Waals surface area contributed by atoms with Gasteiger partial charge in [-0.3, -0.25) is 9.78 Å². The van der Waals surface area contributed by atoms with Crippen LogP contribution >= 0.6 is 0 Å². The van der Waals surface area contributed by atoms with Crippen molar-refractivity contribution < 1.29 is 18.0 Å². The lowest BCUT2D eigenvalue weighted by Crippen LogP contribution is -2.23. The topological polar surface area (TPSA) is 45.2 Å². The number of benzene rings is 1. The first-order valence-corrected chi connectivity index (χ1v) is 8.48. The lowest BCUT2D eigenvalue weighted by atomic mass is 10.1. The summed E-state index contributed by atoms with van der Waals surface area (Å²) in [5.41, 5.74) is 1.94. The Bertz CT molecular complexity index is 929. The van der Waals surface area contributed by atoms with Gasteiger partial charge in [0.25, 0.3) is 5.91 Å². The molecule has 0 atom stereocenters. The van der Waals surface area contributed by atoms with Crippen LogP contribution in [0.15, 0.2) is 79.2 Å². The van der Waals surface area contributed by atoms with E-state index in [2.05, 4.69) is 23.5 Å². The molecule has 2 heterocycles. The Morgan fingerprint density at radius 3 is 2.21 bits per heavy atom. The summed E-state index contributed by atoms with van der Waals surface area (Å²) in [4.78, 5) is 18.2. The van der Waals surface area contributed by atoms with E-state index in [-0.39, 0.29) is 5.69 Å². The van der Waals surface area contributed by atoms with E-state index in [1.807, 2.05) is 4.90 Å². The third-order valence-electron chi connectivity index (χ3n) is 4.48. The summed E-state index contributed by atoms with van der Waals surface area (Å²) >= 11 is 0. The smallest absolute Gasteiger partial charge is 0.361 e. The number of carbonyl (C=O) groups is 1. The molecule has 2 aromatic rings. The number of rotatable bonds is 5. The van der Waals surface area contributed by atoms with Crippen molar-refractivity contribution in [2.45, 2.75) is 6.18 Å². The molecule has 1 aromatic heterocycles. The maximum atomic E-state index is 13.2. The van der Waals surface area contributed by atoms with Crippen LogP contribution in [0.3, 0.4) is 0 Å². The fourth-order valence-corrected chi connectivity index (χ4v) is 3.02. The monoisotopic (exact) mass is 385 g/mol. The third-order valence-corrected chi connectivity index (χ3v) is 4.48. The Morgan fingerprint density at radius 1 is 1.07 bits per heavy atom. The van der Waals surface area contributed by atoms with E-state index in [4.69, 9.17) is 0 Å². The fourth-order valence-electron chi connectivity index (χ4n) is 3.02. The van der Waals surface area contributed by atoms with Gasteiger partial charge in [-0.2, -0.15) is 13.2 Å². The molecule has 0 aliphatic carbocycles. The molecule has 1 N–H and O–H groups in total. The van der Waals surface area contributed by atoms with Crippen LogP contribution in [-0.2, 0) is 6.18 Å². The van der Waals surface area contributed by atoms with Gasteiger partial charge in [-0.25, -0.2) is 0 Å². The van der Waals surface area contributed by atoms with Crippen molar-refractivity contribution in [3.63, 3.8) is 0 Å². The van der Waals surface area contributed by atoms with Crippen LogP contribution in [0, 0.1) is 0 Å². The highest BCUT2D eigenvalue weighted by Crippen LogP contribution is 2.37. The summed E-state index contributed by atoms with van der Waals surface area (Å²) in [7, 11) is 0. The molecule has 0 unspecified atom stereocenters. The second-order valence-corrected chi connectivity index (χ2v) is 6.23.